The molecule has 1 amide bonds. The van der Waals surface area contributed by atoms with E-state index in [0.717, 1.165) is 22.9 Å². The molecule has 1 aromatic carbocycles. The fourth-order valence-corrected chi connectivity index (χ4v) is 2.66. The van der Waals surface area contributed by atoms with E-state index in [1.165, 1.54) is 0 Å². The Bertz CT molecular complexity index is 603. The molecule has 0 spiro atoms. The highest BCUT2D eigenvalue weighted by Crippen LogP contribution is 2.18. The molecular formula is C17H25N3O. The molecule has 1 aromatic heterocycles. The molecule has 0 saturated carbocycles. The van der Waals surface area contributed by atoms with E-state index in [-0.39, 0.29) is 11.9 Å². The first kappa shape index (κ1) is 15.6. The van der Waals surface area contributed by atoms with E-state index in [1.54, 1.807) is 0 Å². The van der Waals surface area contributed by atoms with Crippen molar-refractivity contribution in [3.63, 3.8) is 0 Å². The van der Waals surface area contributed by atoms with Gasteiger partial charge < -0.3 is 16.0 Å². The van der Waals surface area contributed by atoms with Crippen LogP contribution in [0, 0.1) is 5.92 Å². The van der Waals surface area contributed by atoms with E-state index in [9.17, 15) is 4.79 Å². The third-order valence-corrected chi connectivity index (χ3v) is 4.02. The summed E-state index contributed by atoms with van der Waals surface area (Å²) in [6, 6.07) is 7.73. The maximum absolute atomic E-state index is 12.2. The van der Waals surface area contributed by atoms with Crippen LogP contribution in [-0.2, 0) is 11.2 Å². The molecule has 4 heteroatoms. The van der Waals surface area contributed by atoms with Gasteiger partial charge in [-0.25, -0.2) is 0 Å². The van der Waals surface area contributed by atoms with E-state index >= 15 is 0 Å². The fourth-order valence-electron chi connectivity index (χ4n) is 2.66. The molecule has 0 aliphatic rings. The topological polar surface area (TPSA) is 70.9 Å². The van der Waals surface area contributed by atoms with Gasteiger partial charge in [-0.2, -0.15) is 0 Å². The molecule has 2 unspecified atom stereocenters. The van der Waals surface area contributed by atoms with Gasteiger partial charge in [0.15, 0.2) is 0 Å². The molecule has 0 saturated heterocycles. The van der Waals surface area contributed by atoms with Crippen LogP contribution in [0.4, 0.5) is 0 Å². The van der Waals surface area contributed by atoms with Gasteiger partial charge in [-0.1, -0.05) is 39.0 Å². The molecule has 4 nitrogen and oxygen atoms in total. The molecule has 2 aromatic rings. The predicted molar refractivity (Wildman–Crippen MR) is 87.0 cm³/mol. The minimum absolute atomic E-state index is 0.0687. The van der Waals surface area contributed by atoms with E-state index in [2.05, 4.69) is 37.1 Å². The van der Waals surface area contributed by atoms with Gasteiger partial charge in [0, 0.05) is 23.1 Å². The first-order valence-electron chi connectivity index (χ1n) is 7.63. The number of H-pyrrole nitrogens is 1. The number of fused-ring (bicyclic) bond motifs is 1. The van der Waals surface area contributed by atoms with Crippen molar-refractivity contribution in [3.05, 3.63) is 36.0 Å². The van der Waals surface area contributed by atoms with Crippen LogP contribution in [0.3, 0.4) is 0 Å². The zero-order chi connectivity index (χ0) is 15.4. The van der Waals surface area contributed by atoms with Crippen LogP contribution in [0.5, 0.6) is 0 Å². The van der Waals surface area contributed by atoms with Crippen molar-refractivity contribution in [3.8, 4) is 0 Å². The summed E-state index contributed by atoms with van der Waals surface area (Å²) >= 11 is 0. The monoisotopic (exact) mass is 287 g/mol. The van der Waals surface area contributed by atoms with E-state index in [0.29, 0.717) is 12.3 Å². The molecule has 2 atom stereocenters. The SMILES string of the molecule is CCC(NC(=O)C(N)Cc1c[nH]c2ccccc12)C(C)C. The van der Waals surface area contributed by atoms with E-state index in [4.69, 9.17) is 5.73 Å². The summed E-state index contributed by atoms with van der Waals surface area (Å²) in [5.41, 5.74) is 8.24. The Kier molecular flexibility index (Phi) is 5.02. The maximum atomic E-state index is 12.2. The van der Waals surface area contributed by atoms with Crippen molar-refractivity contribution in [2.75, 3.05) is 0 Å². The Morgan fingerprint density at radius 2 is 2.05 bits per heavy atom. The predicted octanol–water partition coefficient (Wildman–Crippen LogP) is 2.59. The first-order chi connectivity index (χ1) is 10.0. The Morgan fingerprint density at radius 3 is 2.71 bits per heavy atom. The molecule has 114 valence electrons. The second kappa shape index (κ2) is 6.76. The van der Waals surface area contributed by atoms with Gasteiger partial charge in [0.1, 0.15) is 0 Å². The highest BCUT2D eigenvalue weighted by molar-refractivity contribution is 5.86. The van der Waals surface area contributed by atoms with Crippen LogP contribution >= 0.6 is 0 Å². The van der Waals surface area contributed by atoms with Gasteiger partial charge in [-0.3, -0.25) is 4.79 Å². The van der Waals surface area contributed by atoms with Crippen molar-refractivity contribution in [1.29, 1.82) is 0 Å². The Morgan fingerprint density at radius 1 is 1.33 bits per heavy atom. The quantitative estimate of drug-likeness (QED) is 0.764. The lowest BCUT2D eigenvalue weighted by Crippen LogP contribution is -2.47. The van der Waals surface area contributed by atoms with Gasteiger partial charge in [0.2, 0.25) is 5.91 Å². The normalized spacial score (nSPS) is 14.3. The number of para-hydroxylation sites is 1. The smallest absolute Gasteiger partial charge is 0.237 e. The standard InChI is InChI=1S/C17H25N3O/c1-4-15(11(2)3)20-17(21)14(18)9-12-10-19-16-8-6-5-7-13(12)16/h5-8,10-11,14-15,19H,4,9,18H2,1-3H3,(H,20,21). The van der Waals surface area contributed by atoms with Crippen LogP contribution in [0.1, 0.15) is 32.8 Å². The zero-order valence-electron chi connectivity index (χ0n) is 13.0. The summed E-state index contributed by atoms with van der Waals surface area (Å²) in [6.45, 7) is 6.30. The summed E-state index contributed by atoms with van der Waals surface area (Å²) in [5.74, 6) is 0.347. The summed E-state index contributed by atoms with van der Waals surface area (Å²) in [6.07, 6.45) is 3.41. The number of benzene rings is 1. The summed E-state index contributed by atoms with van der Waals surface area (Å²) in [5, 5.41) is 4.19. The Labute approximate surface area is 126 Å². The minimum atomic E-state index is -0.517. The number of aromatic nitrogens is 1. The second-order valence-electron chi connectivity index (χ2n) is 5.94. The largest absolute Gasteiger partial charge is 0.361 e. The Hall–Kier alpha value is -1.81. The summed E-state index contributed by atoms with van der Waals surface area (Å²) in [7, 11) is 0. The van der Waals surface area contributed by atoms with Crippen molar-refractivity contribution >= 4 is 16.8 Å². The number of nitrogens with two attached hydrogens (primary N) is 1. The van der Waals surface area contributed by atoms with Crippen LogP contribution in [-0.4, -0.2) is 23.0 Å². The lowest BCUT2D eigenvalue weighted by Gasteiger charge is -2.22. The number of rotatable bonds is 6. The molecular weight excluding hydrogens is 262 g/mol. The van der Waals surface area contributed by atoms with Gasteiger partial charge in [0.05, 0.1) is 6.04 Å². The molecule has 2 rings (SSSR count). The summed E-state index contributed by atoms with van der Waals surface area (Å²) < 4.78 is 0. The van der Waals surface area contributed by atoms with Crippen LogP contribution in [0.25, 0.3) is 10.9 Å². The molecule has 0 aliphatic carbocycles. The molecule has 1 heterocycles. The number of hydrogen-bond acceptors (Lipinski definition) is 2. The van der Waals surface area contributed by atoms with Crippen LogP contribution < -0.4 is 11.1 Å². The molecule has 0 fully saturated rings. The number of carbonyl (C=O) groups is 1. The number of amides is 1. The molecule has 0 bridgehead atoms. The number of carbonyl (C=O) groups excluding carboxylic acids is 1. The van der Waals surface area contributed by atoms with Gasteiger partial charge in [-0.05, 0) is 30.4 Å². The van der Waals surface area contributed by atoms with Gasteiger partial charge in [0.25, 0.3) is 0 Å². The number of nitrogens with one attached hydrogen (secondary N) is 2. The van der Waals surface area contributed by atoms with Crippen molar-refractivity contribution in [2.24, 2.45) is 11.7 Å². The lowest BCUT2D eigenvalue weighted by molar-refractivity contribution is -0.123. The highest BCUT2D eigenvalue weighted by atomic mass is 16.2. The second-order valence-corrected chi connectivity index (χ2v) is 5.94. The highest BCUT2D eigenvalue weighted by Gasteiger charge is 2.20. The van der Waals surface area contributed by atoms with Gasteiger partial charge in [-0.15, -0.1) is 0 Å². The molecule has 0 radical (unpaired) electrons. The third-order valence-electron chi connectivity index (χ3n) is 4.02. The molecule has 0 aliphatic heterocycles. The Balaban J connectivity index is 2.03. The average molecular weight is 287 g/mol. The van der Waals surface area contributed by atoms with Crippen LogP contribution in [0.2, 0.25) is 0 Å². The van der Waals surface area contributed by atoms with Crippen molar-refractivity contribution in [2.45, 2.75) is 45.7 Å². The maximum Gasteiger partial charge on any atom is 0.237 e. The minimum Gasteiger partial charge on any atom is -0.361 e. The average Bonchev–Trinajstić information content (AvgIpc) is 2.87. The van der Waals surface area contributed by atoms with Crippen molar-refractivity contribution in [1.82, 2.24) is 10.3 Å². The van der Waals surface area contributed by atoms with E-state index < -0.39 is 6.04 Å². The number of aromatic amines is 1. The van der Waals surface area contributed by atoms with E-state index in [1.807, 2.05) is 24.4 Å². The van der Waals surface area contributed by atoms with Crippen LogP contribution in [0.15, 0.2) is 30.5 Å². The van der Waals surface area contributed by atoms with Crippen molar-refractivity contribution < 1.29 is 4.79 Å². The summed E-state index contributed by atoms with van der Waals surface area (Å²) in [4.78, 5) is 15.4. The fraction of sp³-hybridized carbons (Fsp3) is 0.471. The first-order valence-corrected chi connectivity index (χ1v) is 7.63. The lowest BCUT2D eigenvalue weighted by atomic mass is 10.00. The number of hydrogen-bond donors (Lipinski definition) is 3. The zero-order valence-corrected chi connectivity index (χ0v) is 13.0. The van der Waals surface area contributed by atoms with Gasteiger partial charge >= 0.3 is 0 Å². The third kappa shape index (κ3) is 3.64. The molecule has 21 heavy (non-hydrogen) atoms. The molecule has 4 N–H and O–H groups in total.